The van der Waals surface area contributed by atoms with E-state index >= 15 is 0 Å². The quantitative estimate of drug-likeness (QED) is 0.177. The Labute approximate surface area is 249 Å². The summed E-state index contributed by atoms with van der Waals surface area (Å²) in [6.45, 7) is 4.28. The number of carbonyl (C=O) groups excluding carboxylic acids is 3. The zero-order chi connectivity index (χ0) is 33.0. The van der Waals surface area contributed by atoms with Gasteiger partial charge in [0.2, 0.25) is 0 Å². The lowest BCUT2D eigenvalue weighted by atomic mass is 9.88. The number of alkyl halides is 6. The first-order valence-electron chi connectivity index (χ1n) is 13.5. The first kappa shape index (κ1) is 34.3. The van der Waals surface area contributed by atoms with Crippen LogP contribution in [0, 0.1) is 0 Å². The monoisotopic (exact) mass is 634 g/mol. The highest BCUT2D eigenvalue weighted by molar-refractivity contribution is 5.91. The third kappa shape index (κ3) is 7.66. The Morgan fingerprint density at radius 1 is 0.909 bits per heavy atom. The molecule has 2 aromatic carbocycles. The van der Waals surface area contributed by atoms with Gasteiger partial charge < -0.3 is 18.9 Å². The van der Waals surface area contributed by atoms with Gasteiger partial charge in [0, 0.05) is 23.7 Å². The number of hydrogen-bond acceptors (Lipinski definition) is 7. The number of fused-ring (bicyclic) bond motifs is 1. The minimum absolute atomic E-state index is 0.00285. The highest BCUT2D eigenvalue weighted by Crippen LogP contribution is 2.45. The molecule has 9 nitrogen and oxygen atoms in total. The van der Waals surface area contributed by atoms with Gasteiger partial charge in [-0.15, -0.1) is 0 Å². The molecule has 2 atom stereocenters. The number of anilines is 1. The second kappa shape index (κ2) is 13.6. The first-order valence-corrected chi connectivity index (χ1v) is 13.5. The van der Waals surface area contributed by atoms with Crippen LogP contribution in [-0.4, -0.2) is 56.5 Å². The highest BCUT2D eigenvalue weighted by Gasteiger charge is 2.41. The molecular formula is C29H32F6N2O7. The Balaban J connectivity index is 2.22. The fraction of sp³-hybridized carbons (Fsp3) is 0.483. The van der Waals surface area contributed by atoms with Gasteiger partial charge in [0.1, 0.15) is 5.75 Å². The molecule has 0 spiro atoms. The molecule has 0 bridgehead atoms. The van der Waals surface area contributed by atoms with Crippen LogP contribution in [0.5, 0.6) is 5.75 Å². The molecule has 242 valence electrons. The minimum atomic E-state index is -5.10. The third-order valence-corrected chi connectivity index (χ3v) is 6.94. The average Bonchev–Trinajstić information content (AvgIpc) is 2.94. The van der Waals surface area contributed by atoms with Crippen molar-refractivity contribution in [1.82, 2.24) is 4.90 Å². The summed E-state index contributed by atoms with van der Waals surface area (Å²) in [5, 5.41) is 0. The van der Waals surface area contributed by atoms with E-state index in [4.69, 9.17) is 18.9 Å². The van der Waals surface area contributed by atoms with Crippen LogP contribution in [0.3, 0.4) is 0 Å². The SMILES string of the molecule is CCOC(=O)Cc1cc2c(cc1OC)[C@H](N(Cc1cc(C(F)(F)F)cc(C(F)(F)F)c1)C(=O)OC)C[C@H](C)N2C(=O)OCC. The van der Waals surface area contributed by atoms with Crippen molar-refractivity contribution in [1.29, 1.82) is 0 Å². The summed E-state index contributed by atoms with van der Waals surface area (Å²) < 4.78 is 102. The lowest BCUT2D eigenvalue weighted by molar-refractivity contribution is -0.144. The van der Waals surface area contributed by atoms with Crippen molar-refractivity contribution >= 4 is 23.8 Å². The van der Waals surface area contributed by atoms with E-state index < -0.39 is 65.8 Å². The molecule has 0 radical (unpaired) electrons. The van der Waals surface area contributed by atoms with E-state index in [0.717, 1.165) is 12.0 Å². The molecular weight excluding hydrogens is 602 g/mol. The van der Waals surface area contributed by atoms with Crippen molar-refractivity contribution in [2.75, 3.05) is 32.3 Å². The molecule has 1 aliphatic rings. The molecule has 0 N–H and O–H groups in total. The van der Waals surface area contributed by atoms with Crippen molar-refractivity contribution in [3.05, 3.63) is 58.1 Å². The van der Waals surface area contributed by atoms with Crippen LogP contribution in [0.15, 0.2) is 30.3 Å². The molecule has 1 heterocycles. The standard InChI is InChI=1S/C29H32F6N2O7/c1-6-43-25(38)12-18-11-23-21(14-24(18)41-4)22(8-16(3)37(23)27(40)44-7-2)36(26(39)42-5)15-17-9-19(28(30,31)32)13-20(10-17)29(33,34)35/h9-11,13-14,16,22H,6-8,12,15H2,1-5H3/t16-,22+/m0/s1. The first-order chi connectivity index (χ1) is 20.5. The molecule has 0 aliphatic carbocycles. The zero-order valence-electron chi connectivity index (χ0n) is 24.6. The van der Waals surface area contributed by atoms with E-state index in [1.807, 2.05) is 0 Å². The van der Waals surface area contributed by atoms with Crippen LogP contribution in [0.1, 0.15) is 61.1 Å². The van der Waals surface area contributed by atoms with E-state index in [-0.39, 0.29) is 49.1 Å². The number of halogens is 6. The Bertz CT molecular complexity index is 1350. The number of nitrogens with zero attached hydrogens (tertiary/aromatic N) is 2. The maximum atomic E-state index is 13.6. The molecule has 3 rings (SSSR count). The van der Waals surface area contributed by atoms with Gasteiger partial charge in [-0.2, -0.15) is 26.3 Å². The van der Waals surface area contributed by atoms with Gasteiger partial charge >= 0.3 is 30.5 Å². The van der Waals surface area contributed by atoms with Gasteiger partial charge in [-0.05, 0) is 63.1 Å². The predicted octanol–water partition coefficient (Wildman–Crippen LogP) is 6.90. The summed E-state index contributed by atoms with van der Waals surface area (Å²) in [5.74, 6) is -0.418. The molecule has 0 unspecified atom stereocenters. The lowest BCUT2D eigenvalue weighted by Gasteiger charge is -2.43. The van der Waals surface area contributed by atoms with Crippen LogP contribution < -0.4 is 9.64 Å². The van der Waals surface area contributed by atoms with E-state index in [1.165, 1.54) is 24.1 Å². The van der Waals surface area contributed by atoms with Crippen molar-refractivity contribution in [2.45, 2.75) is 64.6 Å². The molecule has 2 amide bonds. The van der Waals surface area contributed by atoms with Crippen LogP contribution in [0.4, 0.5) is 41.6 Å². The second-order valence-electron chi connectivity index (χ2n) is 9.89. The van der Waals surface area contributed by atoms with Crippen molar-refractivity contribution < 1.29 is 59.7 Å². The number of rotatable bonds is 8. The smallest absolute Gasteiger partial charge is 0.416 e. The van der Waals surface area contributed by atoms with E-state index in [1.54, 1.807) is 20.8 Å². The van der Waals surface area contributed by atoms with E-state index in [0.29, 0.717) is 17.7 Å². The fourth-order valence-electron chi connectivity index (χ4n) is 5.08. The zero-order valence-corrected chi connectivity index (χ0v) is 24.6. The van der Waals surface area contributed by atoms with Crippen molar-refractivity contribution in [2.24, 2.45) is 0 Å². The molecule has 1 aliphatic heterocycles. The molecule has 0 saturated carbocycles. The lowest BCUT2D eigenvalue weighted by Crippen LogP contribution is -2.47. The summed E-state index contributed by atoms with van der Waals surface area (Å²) in [7, 11) is 2.34. The molecule has 0 aromatic heterocycles. The van der Waals surface area contributed by atoms with Gasteiger partial charge in [-0.1, -0.05) is 0 Å². The van der Waals surface area contributed by atoms with Crippen LogP contribution in [0.2, 0.25) is 0 Å². The predicted molar refractivity (Wildman–Crippen MR) is 144 cm³/mol. The number of ether oxygens (including phenoxy) is 4. The van der Waals surface area contributed by atoms with Crippen molar-refractivity contribution in [3.8, 4) is 5.75 Å². The molecule has 44 heavy (non-hydrogen) atoms. The summed E-state index contributed by atoms with van der Waals surface area (Å²) in [4.78, 5) is 40.8. The fourth-order valence-corrected chi connectivity index (χ4v) is 5.08. The van der Waals surface area contributed by atoms with Gasteiger partial charge in [0.05, 0.1) is 56.7 Å². The van der Waals surface area contributed by atoms with Gasteiger partial charge in [-0.25, -0.2) is 9.59 Å². The highest BCUT2D eigenvalue weighted by atomic mass is 19.4. The summed E-state index contributed by atoms with van der Waals surface area (Å²) >= 11 is 0. The minimum Gasteiger partial charge on any atom is -0.496 e. The molecule has 0 saturated heterocycles. The summed E-state index contributed by atoms with van der Waals surface area (Å²) in [6.07, 6.45) is -12.2. The Hall–Kier alpha value is -4.17. The third-order valence-electron chi connectivity index (χ3n) is 6.94. The van der Waals surface area contributed by atoms with Crippen LogP contribution in [0.25, 0.3) is 0 Å². The average molecular weight is 635 g/mol. The van der Waals surface area contributed by atoms with E-state index in [9.17, 15) is 40.7 Å². The normalized spacial score (nSPS) is 16.6. The van der Waals surface area contributed by atoms with Crippen LogP contribution in [-0.2, 0) is 44.3 Å². The number of hydrogen-bond donors (Lipinski definition) is 0. The maximum Gasteiger partial charge on any atom is 0.416 e. The second-order valence-corrected chi connectivity index (χ2v) is 9.89. The summed E-state index contributed by atoms with van der Waals surface area (Å²) in [6, 6.07) is 2.29. The van der Waals surface area contributed by atoms with Gasteiger partial charge in [0.25, 0.3) is 0 Å². The van der Waals surface area contributed by atoms with Gasteiger partial charge in [-0.3, -0.25) is 14.6 Å². The largest absolute Gasteiger partial charge is 0.496 e. The number of esters is 1. The van der Waals surface area contributed by atoms with Crippen LogP contribution >= 0.6 is 0 Å². The number of methoxy groups -OCH3 is 2. The number of benzene rings is 2. The Morgan fingerprint density at radius 3 is 2.00 bits per heavy atom. The van der Waals surface area contributed by atoms with Gasteiger partial charge in [0.15, 0.2) is 0 Å². The number of amides is 2. The molecule has 15 heteroatoms. The molecule has 2 aromatic rings. The summed E-state index contributed by atoms with van der Waals surface area (Å²) in [5.41, 5.74) is -2.75. The Kier molecular flexibility index (Phi) is 10.6. The topological polar surface area (TPSA) is 94.6 Å². The van der Waals surface area contributed by atoms with Crippen molar-refractivity contribution in [3.63, 3.8) is 0 Å². The van der Waals surface area contributed by atoms with E-state index in [2.05, 4.69) is 0 Å². The number of carbonyl (C=O) groups is 3. The Morgan fingerprint density at radius 2 is 1.50 bits per heavy atom. The maximum absolute atomic E-state index is 13.6. The molecule has 0 fully saturated rings.